The fourth-order valence-electron chi connectivity index (χ4n) is 3.72. The van der Waals surface area contributed by atoms with Crippen molar-refractivity contribution in [3.8, 4) is 0 Å². The number of Topliss-reactive ketones (excluding diaryl/α,β-unsaturated/α-hetero) is 1. The summed E-state index contributed by atoms with van der Waals surface area (Å²) in [4.78, 5) is 40.1. The standard InChI is InChI=1S/C22H22N2O3S/c25-20-10-13-28-19-7-6-17(14-18(19)23-20)22(27)24-11-8-16(9-12-24)21(26)15-4-2-1-3-5-15/h1-7,14,16H,8-13H2,(H,23,25). The average molecular weight is 394 g/mol. The molecule has 1 saturated heterocycles. The number of anilines is 1. The number of carbonyl (C=O) groups is 3. The van der Waals surface area contributed by atoms with Gasteiger partial charge in [-0.2, -0.15) is 0 Å². The number of thioether (sulfide) groups is 1. The first-order valence-electron chi connectivity index (χ1n) is 9.57. The van der Waals surface area contributed by atoms with Crippen molar-refractivity contribution in [2.45, 2.75) is 24.2 Å². The quantitative estimate of drug-likeness (QED) is 0.803. The van der Waals surface area contributed by atoms with Crippen molar-refractivity contribution in [2.24, 2.45) is 5.92 Å². The summed E-state index contributed by atoms with van der Waals surface area (Å²) in [6, 6.07) is 14.9. The fourth-order valence-corrected chi connectivity index (χ4v) is 4.66. The number of benzene rings is 2. The highest BCUT2D eigenvalue weighted by Gasteiger charge is 2.28. The monoisotopic (exact) mass is 394 g/mol. The lowest BCUT2D eigenvalue weighted by Gasteiger charge is -2.31. The van der Waals surface area contributed by atoms with E-state index in [1.807, 2.05) is 47.4 Å². The van der Waals surface area contributed by atoms with E-state index in [1.54, 1.807) is 17.8 Å². The van der Waals surface area contributed by atoms with Crippen LogP contribution in [0.3, 0.4) is 0 Å². The van der Waals surface area contributed by atoms with Crippen molar-refractivity contribution in [3.63, 3.8) is 0 Å². The predicted octanol–water partition coefficient (Wildman–Crippen LogP) is 3.86. The normalized spacial score (nSPS) is 17.4. The molecule has 2 heterocycles. The van der Waals surface area contributed by atoms with Gasteiger partial charge in [0, 0.05) is 47.2 Å². The Morgan fingerprint density at radius 2 is 1.75 bits per heavy atom. The Balaban J connectivity index is 1.42. The van der Waals surface area contributed by atoms with Gasteiger partial charge in [0.15, 0.2) is 5.78 Å². The third-order valence-electron chi connectivity index (χ3n) is 5.30. The van der Waals surface area contributed by atoms with Gasteiger partial charge in [-0.05, 0) is 31.0 Å². The molecule has 0 spiro atoms. The van der Waals surface area contributed by atoms with E-state index in [9.17, 15) is 14.4 Å². The summed E-state index contributed by atoms with van der Waals surface area (Å²) in [6.45, 7) is 1.14. The van der Waals surface area contributed by atoms with Gasteiger partial charge in [0.05, 0.1) is 5.69 Å². The second-order valence-corrected chi connectivity index (χ2v) is 8.29. The molecule has 0 aliphatic carbocycles. The molecule has 2 aromatic carbocycles. The lowest BCUT2D eigenvalue weighted by molar-refractivity contribution is -0.115. The van der Waals surface area contributed by atoms with E-state index in [0.29, 0.717) is 43.6 Å². The van der Waals surface area contributed by atoms with E-state index >= 15 is 0 Å². The van der Waals surface area contributed by atoms with Crippen LogP contribution in [-0.2, 0) is 4.79 Å². The Hall–Kier alpha value is -2.60. The van der Waals surface area contributed by atoms with E-state index in [1.165, 1.54) is 0 Å². The Bertz CT molecular complexity index is 905. The van der Waals surface area contributed by atoms with Gasteiger partial charge in [0.2, 0.25) is 5.91 Å². The summed E-state index contributed by atoms with van der Waals surface area (Å²) < 4.78 is 0. The van der Waals surface area contributed by atoms with Crippen LogP contribution in [0.4, 0.5) is 5.69 Å². The van der Waals surface area contributed by atoms with Crippen LogP contribution in [-0.4, -0.2) is 41.3 Å². The third kappa shape index (κ3) is 3.97. The van der Waals surface area contributed by atoms with Crippen LogP contribution in [0.2, 0.25) is 0 Å². The molecular formula is C22H22N2O3S. The number of likely N-dealkylation sites (tertiary alicyclic amines) is 1. The maximum Gasteiger partial charge on any atom is 0.253 e. The van der Waals surface area contributed by atoms with Gasteiger partial charge in [-0.1, -0.05) is 30.3 Å². The number of nitrogens with zero attached hydrogens (tertiary/aromatic N) is 1. The average Bonchev–Trinajstić information content (AvgIpc) is 2.93. The van der Waals surface area contributed by atoms with Gasteiger partial charge in [0.25, 0.3) is 5.91 Å². The van der Waals surface area contributed by atoms with Gasteiger partial charge in [-0.15, -0.1) is 11.8 Å². The van der Waals surface area contributed by atoms with Crippen LogP contribution in [0.15, 0.2) is 53.4 Å². The van der Waals surface area contributed by atoms with Crippen LogP contribution < -0.4 is 5.32 Å². The number of piperidine rings is 1. The van der Waals surface area contributed by atoms with Crippen LogP contribution >= 0.6 is 11.8 Å². The van der Waals surface area contributed by atoms with Gasteiger partial charge in [0.1, 0.15) is 0 Å². The molecule has 2 aromatic rings. The molecule has 1 N–H and O–H groups in total. The van der Waals surface area contributed by atoms with Gasteiger partial charge in [-0.3, -0.25) is 14.4 Å². The molecule has 144 valence electrons. The first-order valence-corrected chi connectivity index (χ1v) is 10.6. The number of rotatable bonds is 3. The number of carbonyl (C=O) groups excluding carboxylic acids is 3. The summed E-state index contributed by atoms with van der Waals surface area (Å²) >= 11 is 1.62. The van der Waals surface area contributed by atoms with Crippen molar-refractivity contribution in [3.05, 3.63) is 59.7 Å². The summed E-state index contributed by atoms with van der Waals surface area (Å²) in [6.07, 6.45) is 1.83. The van der Waals surface area contributed by atoms with Crippen LogP contribution in [0.25, 0.3) is 0 Å². The van der Waals surface area contributed by atoms with Gasteiger partial charge < -0.3 is 10.2 Å². The molecular weight excluding hydrogens is 372 g/mol. The highest BCUT2D eigenvalue weighted by molar-refractivity contribution is 7.99. The molecule has 0 saturated carbocycles. The zero-order valence-corrected chi connectivity index (χ0v) is 16.3. The van der Waals surface area contributed by atoms with Crippen molar-refractivity contribution < 1.29 is 14.4 Å². The first kappa shape index (κ1) is 18.7. The van der Waals surface area contributed by atoms with Gasteiger partial charge >= 0.3 is 0 Å². The molecule has 28 heavy (non-hydrogen) atoms. The molecule has 0 aromatic heterocycles. The lowest BCUT2D eigenvalue weighted by atomic mass is 9.88. The van der Waals surface area contributed by atoms with Gasteiger partial charge in [-0.25, -0.2) is 0 Å². The molecule has 1 fully saturated rings. The highest BCUT2D eigenvalue weighted by atomic mass is 32.2. The number of ketones is 1. The van der Waals surface area contributed by atoms with E-state index in [0.717, 1.165) is 16.2 Å². The Morgan fingerprint density at radius 1 is 1.00 bits per heavy atom. The SMILES string of the molecule is O=C1CCSc2ccc(C(=O)N3CCC(C(=O)c4ccccc4)CC3)cc2N1. The molecule has 0 unspecified atom stereocenters. The summed E-state index contributed by atoms with van der Waals surface area (Å²) in [7, 11) is 0. The van der Waals surface area contributed by atoms with E-state index < -0.39 is 0 Å². The number of amides is 2. The topological polar surface area (TPSA) is 66.5 Å². The number of hydrogen-bond donors (Lipinski definition) is 1. The predicted molar refractivity (Wildman–Crippen MR) is 110 cm³/mol. The summed E-state index contributed by atoms with van der Waals surface area (Å²) in [5, 5.41) is 2.89. The highest BCUT2D eigenvalue weighted by Crippen LogP contribution is 2.32. The first-order chi connectivity index (χ1) is 13.6. The number of nitrogens with one attached hydrogen (secondary N) is 1. The van der Waals surface area contributed by atoms with Crippen molar-refractivity contribution in [1.29, 1.82) is 0 Å². The molecule has 2 aliphatic heterocycles. The smallest absolute Gasteiger partial charge is 0.253 e. The molecule has 6 heteroatoms. The molecule has 5 nitrogen and oxygen atoms in total. The zero-order valence-electron chi connectivity index (χ0n) is 15.5. The fraction of sp³-hybridized carbons (Fsp3) is 0.318. The van der Waals surface area contributed by atoms with Crippen molar-refractivity contribution in [2.75, 3.05) is 24.2 Å². The van der Waals surface area contributed by atoms with Crippen LogP contribution in [0.5, 0.6) is 0 Å². The summed E-state index contributed by atoms with van der Waals surface area (Å²) in [5.74, 6) is 0.814. The van der Waals surface area contributed by atoms with Crippen molar-refractivity contribution in [1.82, 2.24) is 4.90 Å². The molecule has 4 rings (SSSR count). The van der Waals surface area contributed by atoms with E-state index in [-0.39, 0.29) is 23.5 Å². The Kier molecular flexibility index (Phi) is 5.48. The summed E-state index contributed by atoms with van der Waals surface area (Å²) in [5.41, 5.74) is 2.04. The largest absolute Gasteiger partial charge is 0.339 e. The molecule has 2 amide bonds. The van der Waals surface area contributed by atoms with Crippen LogP contribution in [0, 0.1) is 5.92 Å². The number of hydrogen-bond acceptors (Lipinski definition) is 4. The van der Waals surface area contributed by atoms with Crippen LogP contribution in [0.1, 0.15) is 40.0 Å². The minimum absolute atomic E-state index is 0.0175. The Morgan fingerprint density at radius 3 is 2.50 bits per heavy atom. The minimum atomic E-state index is -0.0445. The second kappa shape index (κ2) is 8.19. The number of fused-ring (bicyclic) bond motifs is 1. The maximum atomic E-state index is 12.9. The zero-order chi connectivity index (χ0) is 19.5. The second-order valence-electron chi connectivity index (χ2n) is 7.15. The maximum absolute atomic E-state index is 12.9. The molecule has 2 aliphatic rings. The molecule has 0 atom stereocenters. The molecule has 0 bridgehead atoms. The minimum Gasteiger partial charge on any atom is -0.339 e. The van der Waals surface area contributed by atoms with Crippen molar-refractivity contribution >= 4 is 35.0 Å². The van der Waals surface area contributed by atoms with E-state index in [4.69, 9.17) is 0 Å². The third-order valence-corrected chi connectivity index (χ3v) is 6.37. The Labute approximate surface area is 168 Å². The van der Waals surface area contributed by atoms with E-state index in [2.05, 4.69) is 5.32 Å². The lowest BCUT2D eigenvalue weighted by Crippen LogP contribution is -2.40. The molecule has 0 radical (unpaired) electrons.